The lowest BCUT2D eigenvalue weighted by Gasteiger charge is -2.11. The van der Waals surface area contributed by atoms with Crippen LogP contribution in [-0.4, -0.2) is 30.7 Å². The van der Waals surface area contributed by atoms with E-state index >= 15 is 0 Å². The highest BCUT2D eigenvalue weighted by Gasteiger charge is 2.12. The molecule has 2 rings (SSSR count). The molecule has 2 amide bonds. The molecular formula is C19H22ClN3O2S. The van der Waals surface area contributed by atoms with E-state index in [4.69, 9.17) is 17.3 Å². The van der Waals surface area contributed by atoms with Gasteiger partial charge in [0.05, 0.1) is 11.3 Å². The summed E-state index contributed by atoms with van der Waals surface area (Å²) in [6, 6.07) is 14.6. The third-order valence-corrected chi connectivity index (χ3v) is 4.86. The van der Waals surface area contributed by atoms with Crippen LogP contribution in [-0.2, 0) is 4.79 Å². The molecule has 4 N–H and O–H groups in total. The van der Waals surface area contributed by atoms with Crippen molar-refractivity contribution in [2.45, 2.75) is 17.7 Å². The number of carbonyl (C=O) groups is 2. The van der Waals surface area contributed by atoms with Gasteiger partial charge in [0.25, 0.3) is 5.91 Å². The Kier molecular flexibility index (Phi) is 8.47. The van der Waals surface area contributed by atoms with E-state index < -0.39 is 0 Å². The maximum Gasteiger partial charge on any atom is 0.253 e. The monoisotopic (exact) mass is 391 g/mol. The fraction of sp³-hybridized carbons (Fsp3) is 0.263. The van der Waals surface area contributed by atoms with Gasteiger partial charge in [0.2, 0.25) is 5.91 Å². The third kappa shape index (κ3) is 6.71. The van der Waals surface area contributed by atoms with Gasteiger partial charge in [0.1, 0.15) is 0 Å². The highest BCUT2D eigenvalue weighted by atomic mass is 35.5. The van der Waals surface area contributed by atoms with Gasteiger partial charge in [-0.05, 0) is 48.6 Å². The summed E-state index contributed by atoms with van der Waals surface area (Å²) < 4.78 is 0. The molecule has 2 aromatic rings. The Morgan fingerprint density at radius 2 is 1.81 bits per heavy atom. The maximum atomic E-state index is 12.2. The average molecular weight is 392 g/mol. The van der Waals surface area contributed by atoms with E-state index in [1.54, 1.807) is 36.0 Å². The molecule has 0 atom stereocenters. The van der Waals surface area contributed by atoms with Gasteiger partial charge in [-0.1, -0.05) is 23.7 Å². The van der Waals surface area contributed by atoms with Gasteiger partial charge >= 0.3 is 0 Å². The molecule has 0 aliphatic rings. The van der Waals surface area contributed by atoms with Crippen LogP contribution in [0.15, 0.2) is 53.4 Å². The van der Waals surface area contributed by atoms with Gasteiger partial charge in [-0.25, -0.2) is 0 Å². The first-order valence-corrected chi connectivity index (χ1v) is 9.72. The Bertz CT molecular complexity index is 738. The zero-order valence-corrected chi connectivity index (χ0v) is 15.9. The van der Waals surface area contributed by atoms with Crippen molar-refractivity contribution in [1.29, 1.82) is 0 Å². The molecule has 0 fully saturated rings. The summed E-state index contributed by atoms with van der Waals surface area (Å²) >= 11 is 7.54. The van der Waals surface area contributed by atoms with E-state index in [0.717, 1.165) is 17.1 Å². The second kappa shape index (κ2) is 10.9. The molecule has 0 saturated heterocycles. The SMILES string of the molecule is NCCNC(=O)c1ccccc1NC(=O)CCCSc1ccc(Cl)cc1. The van der Waals surface area contributed by atoms with Crippen LogP contribution in [0, 0.1) is 0 Å². The molecular weight excluding hydrogens is 370 g/mol. The van der Waals surface area contributed by atoms with E-state index in [-0.39, 0.29) is 11.8 Å². The highest BCUT2D eigenvalue weighted by Crippen LogP contribution is 2.21. The first-order valence-electron chi connectivity index (χ1n) is 8.35. The number of nitrogens with two attached hydrogens (primary N) is 1. The average Bonchev–Trinajstić information content (AvgIpc) is 2.65. The van der Waals surface area contributed by atoms with E-state index in [9.17, 15) is 9.59 Å². The molecule has 5 nitrogen and oxygen atoms in total. The molecule has 0 aliphatic heterocycles. The van der Waals surface area contributed by atoms with Crippen molar-refractivity contribution >= 4 is 40.9 Å². The molecule has 2 aromatic carbocycles. The lowest BCUT2D eigenvalue weighted by molar-refractivity contribution is -0.116. The molecule has 0 radical (unpaired) electrons. The lowest BCUT2D eigenvalue weighted by Crippen LogP contribution is -2.29. The number of thioether (sulfide) groups is 1. The van der Waals surface area contributed by atoms with Gasteiger partial charge in [-0.2, -0.15) is 0 Å². The summed E-state index contributed by atoms with van der Waals surface area (Å²) in [5.74, 6) is 0.471. The summed E-state index contributed by atoms with van der Waals surface area (Å²) in [5, 5.41) is 6.24. The molecule has 0 saturated carbocycles. The first kappa shape index (κ1) is 20.3. The van der Waals surface area contributed by atoms with Crippen molar-refractivity contribution in [1.82, 2.24) is 5.32 Å². The normalized spacial score (nSPS) is 10.4. The van der Waals surface area contributed by atoms with Crippen molar-refractivity contribution in [3.63, 3.8) is 0 Å². The molecule has 7 heteroatoms. The Balaban J connectivity index is 1.80. The minimum absolute atomic E-state index is 0.110. The topological polar surface area (TPSA) is 84.2 Å². The van der Waals surface area contributed by atoms with Gasteiger partial charge in [-0.3, -0.25) is 9.59 Å². The van der Waals surface area contributed by atoms with Crippen LogP contribution in [0.25, 0.3) is 0 Å². The number of anilines is 1. The number of hydrogen-bond acceptors (Lipinski definition) is 4. The second-order valence-corrected chi connectivity index (χ2v) is 7.15. The molecule has 0 bridgehead atoms. The van der Waals surface area contributed by atoms with Crippen LogP contribution in [0.5, 0.6) is 0 Å². The van der Waals surface area contributed by atoms with Gasteiger partial charge in [-0.15, -0.1) is 11.8 Å². The van der Waals surface area contributed by atoms with Crippen LogP contribution < -0.4 is 16.4 Å². The van der Waals surface area contributed by atoms with Crippen LogP contribution in [0.3, 0.4) is 0 Å². The number of halogens is 1. The Morgan fingerprint density at radius 1 is 1.08 bits per heavy atom. The second-order valence-electron chi connectivity index (χ2n) is 5.54. The Hall–Kier alpha value is -2.02. The van der Waals surface area contributed by atoms with Crippen molar-refractivity contribution in [3.05, 3.63) is 59.1 Å². The standard InChI is InChI=1S/C19H22ClN3O2S/c20-14-7-9-15(10-8-14)26-13-3-6-18(24)23-17-5-2-1-4-16(17)19(25)22-12-11-21/h1-2,4-5,7-10H,3,6,11-13,21H2,(H,22,25)(H,23,24). The number of para-hydroxylation sites is 1. The molecule has 0 aliphatic carbocycles. The van der Waals surface area contributed by atoms with E-state index in [2.05, 4.69) is 10.6 Å². The maximum absolute atomic E-state index is 12.2. The molecule has 0 spiro atoms. The van der Waals surface area contributed by atoms with Gasteiger partial charge < -0.3 is 16.4 Å². The van der Waals surface area contributed by atoms with Crippen LogP contribution >= 0.6 is 23.4 Å². The minimum Gasteiger partial charge on any atom is -0.351 e. The number of hydrogen-bond donors (Lipinski definition) is 3. The molecule has 0 unspecified atom stereocenters. The summed E-state index contributed by atoms with van der Waals surface area (Å²) in [5.41, 5.74) is 6.34. The number of benzene rings is 2. The van der Waals surface area contributed by atoms with E-state index in [0.29, 0.717) is 35.8 Å². The molecule has 0 aromatic heterocycles. The summed E-state index contributed by atoms with van der Waals surface area (Å²) in [4.78, 5) is 25.4. The van der Waals surface area contributed by atoms with Crippen LogP contribution in [0.4, 0.5) is 5.69 Å². The fourth-order valence-electron chi connectivity index (χ4n) is 2.24. The quantitative estimate of drug-likeness (QED) is 0.451. The zero-order chi connectivity index (χ0) is 18.8. The van der Waals surface area contributed by atoms with Gasteiger partial charge in [0, 0.05) is 29.4 Å². The van der Waals surface area contributed by atoms with Crippen molar-refractivity contribution in [2.75, 3.05) is 24.2 Å². The molecule has 138 valence electrons. The summed E-state index contributed by atoms with van der Waals surface area (Å²) in [6.45, 7) is 0.759. The largest absolute Gasteiger partial charge is 0.351 e. The molecule has 26 heavy (non-hydrogen) atoms. The van der Waals surface area contributed by atoms with Crippen molar-refractivity contribution < 1.29 is 9.59 Å². The Morgan fingerprint density at radius 3 is 2.54 bits per heavy atom. The Labute approximate surface area is 162 Å². The predicted octanol–water partition coefficient (Wildman–Crippen LogP) is 3.54. The highest BCUT2D eigenvalue weighted by molar-refractivity contribution is 7.99. The predicted molar refractivity (Wildman–Crippen MR) is 108 cm³/mol. The number of amides is 2. The van der Waals surface area contributed by atoms with E-state index in [1.165, 1.54) is 0 Å². The lowest BCUT2D eigenvalue weighted by atomic mass is 10.1. The van der Waals surface area contributed by atoms with Crippen molar-refractivity contribution in [2.24, 2.45) is 5.73 Å². The zero-order valence-electron chi connectivity index (χ0n) is 14.3. The fourth-order valence-corrected chi connectivity index (χ4v) is 3.22. The number of carbonyl (C=O) groups excluding carboxylic acids is 2. The minimum atomic E-state index is -0.246. The number of nitrogens with one attached hydrogen (secondary N) is 2. The number of rotatable bonds is 9. The third-order valence-electron chi connectivity index (χ3n) is 3.51. The summed E-state index contributed by atoms with van der Waals surface area (Å²) in [6.07, 6.45) is 1.13. The smallest absolute Gasteiger partial charge is 0.253 e. The van der Waals surface area contributed by atoms with Crippen LogP contribution in [0.1, 0.15) is 23.2 Å². The van der Waals surface area contributed by atoms with Gasteiger partial charge in [0.15, 0.2) is 0 Å². The summed E-state index contributed by atoms with van der Waals surface area (Å²) in [7, 11) is 0. The first-order chi connectivity index (χ1) is 12.6. The van der Waals surface area contributed by atoms with Crippen LogP contribution in [0.2, 0.25) is 5.02 Å². The molecule has 0 heterocycles. The van der Waals surface area contributed by atoms with E-state index in [1.807, 2.05) is 24.3 Å². The van der Waals surface area contributed by atoms with Crippen molar-refractivity contribution in [3.8, 4) is 0 Å².